The van der Waals surface area contributed by atoms with Gasteiger partial charge in [-0.1, -0.05) is 11.3 Å². The van der Waals surface area contributed by atoms with Crippen LogP contribution in [0.25, 0.3) is 16.9 Å². The van der Waals surface area contributed by atoms with E-state index in [1.165, 1.54) is 16.8 Å². The molecule has 4 aromatic rings. The molecule has 0 saturated heterocycles. The molecular weight excluding hydrogens is 359 g/mol. The molecule has 0 aliphatic heterocycles. The molecule has 1 aromatic carbocycles. The Morgan fingerprint density at radius 3 is 2.50 bits per heavy atom. The van der Waals surface area contributed by atoms with E-state index in [0.29, 0.717) is 17.9 Å². The van der Waals surface area contributed by atoms with Crippen LogP contribution in [-0.2, 0) is 6.54 Å². The lowest BCUT2D eigenvalue weighted by Crippen LogP contribution is -2.24. The van der Waals surface area contributed by atoms with Gasteiger partial charge >= 0.3 is 0 Å². The number of pyridine rings is 2. The number of carbonyl (C=O) groups excluding carboxylic acids is 1. The van der Waals surface area contributed by atoms with E-state index in [1.54, 1.807) is 55.1 Å². The Kier molecular flexibility index (Phi) is 4.83. The molecule has 7 nitrogen and oxygen atoms in total. The van der Waals surface area contributed by atoms with Gasteiger partial charge in [-0.05, 0) is 48.0 Å². The Morgan fingerprint density at radius 2 is 1.79 bits per heavy atom. The Hall–Kier alpha value is -3.94. The van der Waals surface area contributed by atoms with Crippen molar-refractivity contribution >= 4 is 5.91 Å². The molecule has 0 atom stereocenters. The molecule has 3 heterocycles. The number of nitrogens with one attached hydrogen (secondary N) is 1. The lowest BCUT2D eigenvalue weighted by atomic mass is 10.1. The minimum absolute atomic E-state index is 0.166. The number of rotatable bonds is 5. The molecule has 28 heavy (non-hydrogen) atoms. The molecule has 0 saturated carbocycles. The predicted molar refractivity (Wildman–Crippen MR) is 100.0 cm³/mol. The summed E-state index contributed by atoms with van der Waals surface area (Å²) in [6, 6.07) is 13.0. The van der Waals surface area contributed by atoms with Gasteiger partial charge in [-0.3, -0.25) is 14.8 Å². The number of aromatic nitrogens is 5. The van der Waals surface area contributed by atoms with Crippen molar-refractivity contribution in [3.8, 4) is 16.9 Å². The molecule has 1 N–H and O–H groups in total. The number of carbonyl (C=O) groups is 1. The predicted octanol–water partition coefficient (Wildman–Crippen LogP) is 2.79. The highest BCUT2D eigenvalue weighted by atomic mass is 19.1. The van der Waals surface area contributed by atoms with Crippen molar-refractivity contribution in [2.75, 3.05) is 0 Å². The second kappa shape index (κ2) is 7.75. The molecule has 0 aliphatic rings. The van der Waals surface area contributed by atoms with Crippen LogP contribution in [0.4, 0.5) is 4.39 Å². The summed E-state index contributed by atoms with van der Waals surface area (Å²) in [6.07, 6.45) is 6.59. The lowest BCUT2D eigenvalue weighted by Gasteiger charge is -2.09. The van der Waals surface area contributed by atoms with Crippen LogP contribution >= 0.6 is 0 Å². The maximum atomic E-state index is 13.3. The Morgan fingerprint density at radius 1 is 1.00 bits per heavy atom. The third-order valence-electron chi connectivity index (χ3n) is 4.09. The minimum Gasteiger partial charge on any atom is -0.346 e. The highest BCUT2D eigenvalue weighted by molar-refractivity contribution is 5.98. The fourth-order valence-electron chi connectivity index (χ4n) is 2.74. The summed E-state index contributed by atoms with van der Waals surface area (Å²) in [5.41, 5.74) is 2.84. The van der Waals surface area contributed by atoms with E-state index in [1.807, 2.05) is 6.07 Å². The largest absolute Gasteiger partial charge is 0.346 e. The van der Waals surface area contributed by atoms with E-state index in [2.05, 4.69) is 25.6 Å². The summed E-state index contributed by atoms with van der Waals surface area (Å²) in [6.45, 7) is 0.311. The van der Waals surface area contributed by atoms with E-state index >= 15 is 0 Å². The second-order valence-corrected chi connectivity index (χ2v) is 5.95. The fourth-order valence-corrected chi connectivity index (χ4v) is 2.74. The van der Waals surface area contributed by atoms with Gasteiger partial charge in [-0.2, -0.15) is 0 Å². The first kappa shape index (κ1) is 17.5. The van der Waals surface area contributed by atoms with Gasteiger partial charge in [0.15, 0.2) is 5.69 Å². The SMILES string of the molecule is O=C(NCc1cccnc1)c1nnn(-c2ccc(F)cc2)c1-c1ccncc1. The summed E-state index contributed by atoms with van der Waals surface area (Å²) < 4.78 is 14.8. The van der Waals surface area contributed by atoms with Gasteiger partial charge in [0.05, 0.1) is 5.69 Å². The normalized spacial score (nSPS) is 10.6. The minimum atomic E-state index is -0.371. The van der Waals surface area contributed by atoms with Crippen LogP contribution in [0.3, 0.4) is 0 Å². The van der Waals surface area contributed by atoms with Crippen molar-refractivity contribution in [1.82, 2.24) is 30.3 Å². The first-order valence-corrected chi connectivity index (χ1v) is 8.51. The van der Waals surface area contributed by atoms with Crippen molar-refractivity contribution in [2.24, 2.45) is 0 Å². The van der Waals surface area contributed by atoms with Gasteiger partial charge in [0.25, 0.3) is 5.91 Å². The molecule has 138 valence electrons. The number of nitrogens with zero attached hydrogens (tertiary/aromatic N) is 5. The van der Waals surface area contributed by atoms with Crippen LogP contribution in [0.15, 0.2) is 73.3 Å². The number of amides is 1. The molecule has 0 bridgehead atoms. The van der Waals surface area contributed by atoms with Gasteiger partial charge < -0.3 is 5.32 Å². The highest BCUT2D eigenvalue weighted by Gasteiger charge is 2.22. The van der Waals surface area contributed by atoms with Gasteiger partial charge in [-0.15, -0.1) is 5.10 Å². The van der Waals surface area contributed by atoms with Gasteiger partial charge in [0.1, 0.15) is 11.5 Å². The highest BCUT2D eigenvalue weighted by Crippen LogP contribution is 2.25. The summed E-state index contributed by atoms with van der Waals surface area (Å²) in [5, 5.41) is 11.0. The first-order valence-electron chi connectivity index (χ1n) is 8.51. The van der Waals surface area contributed by atoms with Crippen LogP contribution in [0, 0.1) is 5.82 Å². The Balaban J connectivity index is 1.71. The smallest absolute Gasteiger partial charge is 0.274 e. The Bertz CT molecular complexity index is 1080. The third kappa shape index (κ3) is 3.61. The van der Waals surface area contributed by atoms with Crippen LogP contribution < -0.4 is 5.32 Å². The summed E-state index contributed by atoms with van der Waals surface area (Å²) >= 11 is 0. The van der Waals surface area contributed by atoms with E-state index in [4.69, 9.17) is 0 Å². The zero-order valence-corrected chi connectivity index (χ0v) is 14.7. The van der Waals surface area contributed by atoms with E-state index < -0.39 is 0 Å². The van der Waals surface area contributed by atoms with Gasteiger partial charge in [0, 0.05) is 36.9 Å². The fraction of sp³-hybridized carbons (Fsp3) is 0.0500. The molecule has 0 unspecified atom stereocenters. The Labute approximate surface area is 159 Å². The maximum Gasteiger partial charge on any atom is 0.274 e. The summed E-state index contributed by atoms with van der Waals surface area (Å²) in [5.74, 6) is -0.729. The topological polar surface area (TPSA) is 85.6 Å². The van der Waals surface area contributed by atoms with Crippen molar-refractivity contribution in [3.63, 3.8) is 0 Å². The maximum absolute atomic E-state index is 13.3. The van der Waals surface area contributed by atoms with Crippen molar-refractivity contribution in [2.45, 2.75) is 6.54 Å². The number of hydrogen-bond donors (Lipinski definition) is 1. The van der Waals surface area contributed by atoms with Crippen LogP contribution in [-0.4, -0.2) is 30.9 Å². The number of halogens is 1. The van der Waals surface area contributed by atoms with E-state index in [9.17, 15) is 9.18 Å². The number of hydrogen-bond acceptors (Lipinski definition) is 5. The standard InChI is InChI=1S/C20H15FN6O/c21-16-3-5-17(6-4-16)27-19(15-7-10-22-11-8-15)18(25-26-27)20(28)24-13-14-2-1-9-23-12-14/h1-12H,13H2,(H,24,28). The van der Waals surface area contributed by atoms with Crippen LogP contribution in [0.2, 0.25) is 0 Å². The molecule has 0 spiro atoms. The average molecular weight is 374 g/mol. The van der Waals surface area contributed by atoms with Crippen molar-refractivity contribution in [1.29, 1.82) is 0 Å². The van der Waals surface area contributed by atoms with Crippen LogP contribution in [0.5, 0.6) is 0 Å². The quantitative estimate of drug-likeness (QED) is 0.581. The number of benzene rings is 1. The van der Waals surface area contributed by atoms with E-state index in [-0.39, 0.29) is 17.4 Å². The van der Waals surface area contributed by atoms with Gasteiger partial charge in [-0.25, -0.2) is 9.07 Å². The molecule has 0 fully saturated rings. The van der Waals surface area contributed by atoms with E-state index in [0.717, 1.165) is 11.1 Å². The molecule has 0 aliphatic carbocycles. The molecule has 4 rings (SSSR count). The lowest BCUT2D eigenvalue weighted by molar-refractivity contribution is 0.0946. The van der Waals surface area contributed by atoms with Gasteiger partial charge in [0.2, 0.25) is 0 Å². The van der Waals surface area contributed by atoms with Crippen molar-refractivity contribution < 1.29 is 9.18 Å². The molecule has 8 heteroatoms. The van der Waals surface area contributed by atoms with Crippen molar-refractivity contribution in [3.05, 3.63) is 90.4 Å². The average Bonchev–Trinajstić information content (AvgIpc) is 3.19. The second-order valence-electron chi connectivity index (χ2n) is 5.95. The summed E-state index contributed by atoms with van der Waals surface area (Å²) in [4.78, 5) is 20.8. The third-order valence-corrected chi connectivity index (χ3v) is 4.09. The molecule has 3 aromatic heterocycles. The monoisotopic (exact) mass is 374 g/mol. The molecule has 1 amide bonds. The zero-order chi connectivity index (χ0) is 19.3. The van der Waals surface area contributed by atoms with Crippen LogP contribution in [0.1, 0.15) is 16.1 Å². The first-order chi connectivity index (χ1) is 13.7. The zero-order valence-electron chi connectivity index (χ0n) is 14.7. The molecular formula is C20H15FN6O. The molecule has 0 radical (unpaired) electrons. The summed E-state index contributed by atoms with van der Waals surface area (Å²) in [7, 11) is 0.